The minimum atomic E-state index is -0.0300. The van der Waals surface area contributed by atoms with E-state index < -0.39 is 0 Å². The summed E-state index contributed by atoms with van der Waals surface area (Å²) in [5.74, 6) is 0. The Morgan fingerprint density at radius 1 is 1.33 bits per heavy atom. The fourth-order valence-corrected chi connectivity index (χ4v) is 1.84. The monoisotopic (exact) mass is 246 g/mol. The van der Waals surface area contributed by atoms with Gasteiger partial charge in [-0.3, -0.25) is 4.79 Å². The minimum absolute atomic E-state index is 0.0300. The van der Waals surface area contributed by atoms with Crippen LogP contribution < -0.4 is 10.9 Å². The molecule has 1 heterocycles. The van der Waals surface area contributed by atoms with E-state index in [2.05, 4.69) is 10.3 Å². The molecular weight excluding hydrogens is 228 g/mol. The zero-order chi connectivity index (χ0) is 12.8. The molecule has 0 bridgehead atoms. The third-order valence-electron chi connectivity index (χ3n) is 2.77. The van der Waals surface area contributed by atoms with Gasteiger partial charge in [0.25, 0.3) is 5.56 Å². The van der Waals surface area contributed by atoms with Crippen LogP contribution in [0.2, 0.25) is 0 Å². The van der Waals surface area contributed by atoms with Gasteiger partial charge >= 0.3 is 0 Å². The van der Waals surface area contributed by atoms with E-state index in [1.165, 1.54) is 0 Å². The Bertz CT molecular complexity index is 563. The maximum Gasteiger partial charge on any atom is 0.252 e. The van der Waals surface area contributed by atoms with Crippen LogP contribution in [0.3, 0.4) is 0 Å². The van der Waals surface area contributed by atoms with Crippen molar-refractivity contribution in [3.63, 3.8) is 0 Å². The van der Waals surface area contributed by atoms with Gasteiger partial charge in [-0.2, -0.15) is 0 Å². The van der Waals surface area contributed by atoms with E-state index in [-0.39, 0.29) is 5.56 Å². The van der Waals surface area contributed by atoms with Crippen molar-refractivity contribution in [1.29, 1.82) is 0 Å². The molecule has 0 radical (unpaired) electrons. The number of nitrogens with one attached hydrogen (secondary N) is 2. The Labute approximate surface area is 106 Å². The molecule has 1 aromatic carbocycles. The Morgan fingerprint density at radius 3 is 3.00 bits per heavy atom. The van der Waals surface area contributed by atoms with Crippen LogP contribution in [-0.2, 0) is 11.3 Å². The summed E-state index contributed by atoms with van der Waals surface area (Å²) in [5, 5.41) is 4.25. The average Bonchev–Trinajstić information content (AvgIpc) is 2.39. The molecule has 0 aliphatic carbocycles. The summed E-state index contributed by atoms with van der Waals surface area (Å²) in [4.78, 5) is 14.7. The molecule has 2 aromatic rings. The summed E-state index contributed by atoms with van der Waals surface area (Å²) in [7, 11) is 0. The first-order valence-corrected chi connectivity index (χ1v) is 6.20. The zero-order valence-electron chi connectivity index (χ0n) is 10.5. The lowest BCUT2D eigenvalue weighted by Gasteiger charge is -2.05. The van der Waals surface area contributed by atoms with Gasteiger partial charge < -0.3 is 15.0 Å². The average molecular weight is 246 g/mol. The Morgan fingerprint density at radius 2 is 2.17 bits per heavy atom. The van der Waals surface area contributed by atoms with E-state index in [1.54, 1.807) is 0 Å². The summed E-state index contributed by atoms with van der Waals surface area (Å²) in [6.07, 6.45) is 0. The molecule has 0 saturated carbocycles. The predicted octanol–water partition coefficient (Wildman–Crippen LogP) is 1.65. The highest BCUT2D eigenvalue weighted by Gasteiger charge is 2.01. The van der Waals surface area contributed by atoms with Crippen LogP contribution in [0.15, 0.2) is 35.1 Å². The Balaban J connectivity index is 2.04. The number of rotatable bonds is 6. The number of fused-ring (bicyclic) bond motifs is 1. The summed E-state index contributed by atoms with van der Waals surface area (Å²) in [6, 6.07) is 9.71. The van der Waals surface area contributed by atoms with Crippen molar-refractivity contribution in [2.45, 2.75) is 13.5 Å². The van der Waals surface area contributed by atoms with E-state index >= 15 is 0 Å². The highest BCUT2D eigenvalue weighted by atomic mass is 16.5. The van der Waals surface area contributed by atoms with Crippen molar-refractivity contribution in [2.75, 3.05) is 19.8 Å². The largest absolute Gasteiger partial charge is 0.380 e. The molecule has 4 heteroatoms. The fourth-order valence-electron chi connectivity index (χ4n) is 1.84. The first kappa shape index (κ1) is 12.8. The van der Waals surface area contributed by atoms with Crippen molar-refractivity contribution in [3.8, 4) is 0 Å². The van der Waals surface area contributed by atoms with Gasteiger partial charge in [0.1, 0.15) is 0 Å². The van der Waals surface area contributed by atoms with Gasteiger partial charge in [-0.05, 0) is 24.4 Å². The summed E-state index contributed by atoms with van der Waals surface area (Å²) in [5.41, 5.74) is 1.60. The van der Waals surface area contributed by atoms with Crippen LogP contribution in [0.1, 0.15) is 12.5 Å². The molecule has 2 N–H and O–H groups in total. The lowest BCUT2D eigenvalue weighted by molar-refractivity contribution is 0.149. The van der Waals surface area contributed by atoms with E-state index in [1.807, 2.05) is 37.3 Å². The van der Waals surface area contributed by atoms with Crippen molar-refractivity contribution in [3.05, 3.63) is 46.2 Å². The van der Waals surface area contributed by atoms with Crippen LogP contribution >= 0.6 is 0 Å². The number of ether oxygens (including phenoxy) is 1. The van der Waals surface area contributed by atoms with Crippen LogP contribution in [0, 0.1) is 0 Å². The second kappa shape index (κ2) is 6.33. The molecule has 0 spiro atoms. The zero-order valence-corrected chi connectivity index (χ0v) is 10.5. The third-order valence-corrected chi connectivity index (χ3v) is 2.77. The molecule has 0 fully saturated rings. The maximum atomic E-state index is 11.8. The highest BCUT2D eigenvalue weighted by Crippen LogP contribution is 2.09. The van der Waals surface area contributed by atoms with Gasteiger partial charge in [0.05, 0.1) is 6.61 Å². The van der Waals surface area contributed by atoms with Gasteiger partial charge in [0, 0.05) is 30.8 Å². The Kier molecular flexibility index (Phi) is 4.50. The summed E-state index contributed by atoms with van der Waals surface area (Å²) in [6.45, 7) is 4.67. The third kappa shape index (κ3) is 3.18. The van der Waals surface area contributed by atoms with Gasteiger partial charge in [0.2, 0.25) is 0 Å². The molecular formula is C14H18N2O2. The second-order valence-corrected chi connectivity index (χ2v) is 4.08. The SMILES string of the molecule is CCOCCNCc1cc2ccccc2[nH]c1=O. The fraction of sp³-hybridized carbons (Fsp3) is 0.357. The number of pyridine rings is 1. The lowest BCUT2D eigenvalue weighted by Crippen LogP contribution is -2.24. The summed E-state index contributed by atoms with van der Waals surface area (Å²) >= 11 is 0. The number of benzene rings is 1. The quantitative estimate of drug-likeness (QED) is 0.762. The van der Waals surface area contributed by atoms with E-state index in [4.69, 9.17) is 4.74 Å². The minimum Gasteiger partial charge on any atom is -0.380 e. The molecule has 96 valence electrons. The molecule has 1 aromatic heterocycles. The Hall–Kier alpha value is -1.65. The van der Waals surface area contributed by atoms with E-state index in [0.717, 1.165) is 29.6 Å². The smallest absolute Gasteiger partial charge is 0.252 e. The van der Waals surface area contributed by atoms with Gasteiger partial charge in [-0.1, -0.05) is 18.2 Å². The number of H-pyrrole nitrogens is 1. The molecule has 0 saturated heterocycles. The molecule has 18 heavy (non-hydrogen) atoms. The molecule has 0 amide bonds. The van der Waals surface area contributed by atoms with Crippen LogP contribution in [0.4, 0.5) is 0 Å². The topological polar surface area (TPSA) is 54.1 Å². The first-order valence-electron chi connectivity index (χ1n) is 6.20. The van der Waals surface area contributed by atoms with Crippen molar-refractivity contribution in [1.82, 2.24) is 10.3 Å². The normalized spacial score (nSPS) is 10.9. The number of hydrogen-bond acceptors (Lipinski definition) is 3. The molecule has 0 atom stereocenters. The van der Waals surface area contributed by atoms with E-state index in [9.17, 15) is 4.79 Å². The first-order chi connectivity index (χ1) is 8.81. The molecule has 4 nitrogen and oxygen atoms in total. The van der Waals surface area contributed by atoms with Crippen molar-refractivity contribution >= 4 is 10.9 Å². The van der Waals surface area contributed by atoms with Crippen molar-refractivity contribution < 1.29 is 4.74 Å². The second-order valence-electron chi connectivity index (χ2n) is 4.08. The lowest BCUT2D eigenvalue weighted by atomic mass is 10.1. The van der Waals surface area contributed by atoms with Crippen LogP contribution in [0.25, 0.3) is 10.9 Å². The maximum absolute atomic E-state index is 11.8. The summed E-state index contributed by atoms with van der Waals surface area (Å²) < 4.78 is 5.22. The van der Waals surface area contributed by atoms with Crippen LogP contribution in [0.5, 0.6) is 0 Å². The van der Waals surface area contributed by atoms with Gasteiger partial charge in [-0.25, -0.2) is 0 Å². The van der Waals surface area contributed by atoms with Gasteiger partial charge in [-0.15, -0.1) is 0 Å². The van der Waals surface area contributed by atoms with Crippen molar-refractivity contribution in [2.24, 2.45) is 0 Å². The molecule has 0 aliphatic rings. The van der Waals surface area contributed by atoms with E-state index in [0.29, 0.717) is 13.2 Å². The highest BCUT2D eigenvalue weighted by molar-refractivity contribution is 5.78. The van der Waals surface area contributed by atoms with Gasteiger partial charge in [0.15, 0.2) is 0 Å². The van der Waals surface area contributed by atoms with Crippen LogP contribution in [-0.4, -0.2) is 24.7 Å². The predicted molar refractivity (Wildman–Crippen MR) is 72.8 cm³/mol. The molecule has 0 aliphatic heterocycles. The molecule has 2 rings (SSSR count). The number of hydrogen-bond donors (Lipinski definition) is 2. The standard InChI is InChI=1S/C14H18N2O2/c1-2-18-8-7-15-10-12-9-11-5-3-4-6-13(11)16-14(12)17/h3-6,9,15H,2,7-8,10H2,1H3,(H,16,17). The number of para-hydroxylation sites is 1. The number of aromatic amines is 1. The number of aromatic nitrogens is 1. The molecule has 0 unspecified atom stereocenters.